The average molecular weight is 408 g/mol. The van der Waals surface area contributed by atoms with Crippen LogP contribution in [0.1, 0.15) is 32.4 Å². The normalized spacial score (nSPS) is 11.5. The molecule has 3 rings (SSSR count). The third kappa shape index (κ3) is 4.11. The number of para-hydroxylation sites is 1. The standard InChI is InChI=1S/C18H15F3N4O2S/c1-10-7-15(26)16(17(27)22-8-12-9-28-11(2)23-12)24-25(10)14-6-4-3-5-13(14)18(19,20)21/h3-7,9H,8H2,1-2H3,(H,22,27). The number of amides is 1. The maximum atomic E-state index is 13.3. The van der Waals surface area contributed by atoms with Gasteiger partial charge in [0.15, 0.2) is 5.69 Å². The van der Waals surface area contributed by atoms with Gasteiger partial charge in [0.05, 0.1) is 28.5 Å². The Kier molecular flexibility index (Phi) is 5.32. The lowest BCUT2D eigenvalue weighted by molar-refractivity contribution is -0.137. The van der Waals surface area contributed by atoms with Gasteiger partial charge in [0.1, 0.15) is 0 Å². The average Bonchev–Trinajstić information content (AvgIpc) is 3.04. The molecular formula is C18H15F3N4O2S. The van der Waals surface area contributed by atoms with Crippen LogP contribution >= 0.6 is 11.3 Å². The van der Waals surface area contributed by atoms with Crippen LogP contribution in [-0.4, -0.2) is 20.7 Å². The van der Waals surface area contributed by atoms with Crippen LogP contribution < -0.4 is 10.7 Å². The predicted molar refractivity (Wildman–Crippen MR) is 97.6 cm³/mol. The highest BCUT2D eigenvalue weighted by molar-refractivity contribution is 7.09. The number of hydrogen-bond donors (Lipinski definition) is 1. The van der Waals surface area contributed by atoms with Crippen molar-refractivity contribution in [2.24, 2.45) is 0 Å². The smallest absolute Gasteiger partial charge is 0.345 e. The summed E-state index contributed by atoms with van der Waals surface area (Å²) in [5, 5.41) is 9.01. The minimum absolute atomic E-state index is 0.0807. The first kappa shape index (κ1) is 19.7. The van der Waals surface area contributed by atoms with Crippen molar-refractivity contribution in [3.05, 3.63) is 73.6 Å². The van der Waals surface area contributed by atoms with Gasteiger partial charge in [-0.2, -0.15) is 18.3 Å². The first-order chi connectivity index (χ1) is 13.2. The number of benzene rings is 1. The molecule has 6 nitrogen and oxygen atoms in total. The molecule has 1 N–H and O–H groups in total. The topological polar surface area (TPSA) is 76.9 Å². The summed E-state index contributed by atoms with van der Waals surface area (Å²) in [7, 11) is 0. The molecule has 0 radical (unpaired) electrons. The molecule has 0 aliphatic carbocycles. The monoisotopic (exact) mass is 408 g/mol. The number of aromatic nitrogens is 3. The number of nitrogens with zero attached hydrogens (tertiary/aromatic N) is 3. The molecule has 0 atom stereocenters. The summed E-state index contributed by atoms with van der Waals surface area (Å²) in [6.45, 7) is 3.34. The van der Waals surface area contributed by atoms with Crippen LogP contribution in [0.5, 0.6) is 0 Å². The van der Waals surface area contributed by atoms with E-state index in [9.17, 15) is 22.8 Å². The maximum Gasteiger partial charge on any atom is 0.418 e. The first-order valence-corrected chi connectivity index (χ1v) is 9.01. The van der Waals surface area contributed by atoms with Crippen molar-refractivity contribution in [1.29, 1.82) is 0 Å². The van der Waals surface area contributed by atoms with Gasteiger partial charge in [0.2, 0.25) is 5.43 Å². The van der Waals surface area contributed by atoms with E-state index in [4.69, 9.17) is 0 Å². The highest BCUT2D eigenvalue weighted by Gasteiger charge is 2.34. The number of hydrogen-bond acceptors (Lipinski definition) is 5. The van der Waals surface area contributed by atoms with Crippen LogP contribution in [0, 0.1) is 13.8 Å². The molecule has 28 heavy (non-hydrogen) atoms. The van der Waals surface area contributed by atoms with Crippen molar-refractivity contribution in [2.45, 2.75) is 26.6 Å². The molecule has 0 aliphatic rings. The van der Waals surface area contributed by atoms with Gasteiger partial charge in [-0.1, -0.05) is 12.1 Å². The maximum absolute atomic E-state index is 13.3. The van der Waals surface area contributed by atoms with E-state index >= 15 is 0 Å². The molecule has 0 aliphatic heterocycles. The van der Waals surface area contributed by atoms with E-state index in [1.165, 1.54) is 36.5 Å². The van der Waals surface area contributed by atoms with Gasteiger partial charge < -0.3 is 5.32 Å². The molecule has 0 unspecified atom stereocenters. The second kappa shape index (κ2) is 7.55. The highest BCUT2D eigenvalue weighted by Crippen LogP contribution is 2.33. The summed E-state index contributed by atoms with van der Waals surface area (Å²) in [5.74, 6) is -0.783. The van der Waals surface area contributed by atoms with E-state index in [0.717, 1.165) is 21.8 Å². The van der Waals surface area contributed by atoms with Gasteiger partial charge in [-0.05, 0) is 26.0 Å². The molecule has 1 amide bonds. The van der Waals surface area contributed by atoms with E-state index in [-0.39, 0.29) is 17.9 Å². The molecule has 10 heteroatoms. The second-order valence-electron chi connectivity index (χ2n) is 5.97. The van der Waals surface area contributed by atoms with E-state index in [0.29, 0.717) is 5.69 Å². The minimum Gasteiger partial charge on any atom is -0.345 e. The Morgan fingerprint density at radius 2 is 1.96 bits per heavy atom. The van der Waals surface area contributed by atoms with Crippen LogP contribution in [0.15, 0.2) is 40.5 Å². The summed E-state index contributed by atoms with van der Waals surface area (Å²) in [5.41, 5.74) is -1.56. The molecular weight excluding hydrogens is 393 g/mol. The number of thiazole rings is 1. The lowest BCUT2D eigenvalue weighted by Crippen LogP contribution is -2.32. The van der Waals surface area contributed by atoms with Gasteiger partial charge in [-0.15, -0.1) is 11.3 Å². The van der Waals surface area contributed by atoms with Crippen LogP contribution in [0.4, 0.5) is 13.2 Å². The summed E-state index contributed by atoms with van der Waals surface area (Å²) in [6.07, 6.45) is -4.61. The van der Waals surface area contributed by atoms with E-state index in [1.807, 2.05) is 6.92 Å². The minimum atomic E-state index is -4.61. The Labute approximate surface area is 161 Å². The number of nitrogens with one attached hydrogen (secondary N) is 1. The molecule has 0 saturated heterocycles. The number of carbonyl (C=O) groups is 1. The molecule has 1 aromatic carbocycles. The number of alkyl halides is 3. The number of carbonyl (C=O) groups excluding carboxylic acids is 1. The Balaban J connectivity index is 1.98. The van der Waals surface area contributed by atoms with Crippen molar-refractivity contribution < 1.29 is 18.0 Å². The van der Waals surface area contributed by atoms with E-state index in [1.54, 1.807) is 5.38 Å². The van der Waals surface area contributed by atoms with E-state index in [2.05, 4.69) is 15.4 Å². The predicted octanol–water partition coefficient (Wildman–Crippen LogP) is 3.25. The Bertz CT molecular complexity index is 1090. The lowest BCUT2D eigenvalue weighted by Gasteiger charge is -2.16. The summed E-state index contributed by atoms with van der Waals surface area (Å²) >= 11 is 1.41. The van der Waals surface area contributed by atoms with E-state index < -0.39 is 28.8 Å². The highest BCUT2D eigenvalue weighted by atomic mass is 32.1. The number of aryl methyl sites for hydroxylation is 2. The van der Waals surface area contributed by atoms with Gasteiger partial charge in [0, 0.05) is 17.1 Å². The summed E-state index contributed by atoms with van der Waals surface area (Å²) in [4.78, 5) is 28.8. The van der Waals surface area contributed by atoms with Crippen molar-refractivity contribution in [3.63, 3.8) is 0 Å². The fraction of sp³-hybridized carbons (Fsp3) is 0.222. The fourth-order valence-corrected chi connectivity index (χ4v) is 3.20. The zero-order valence-corrected chi connectivity index (χ0v) is 15.7. The molecule has 2 heterocycles. The molecule has 146 valence electrons. The van der Waals surface area contributed by atoms with Crippen molar-refractivity contribution in [1.82, 2.24) is 20.1 Å². The zero-order valence-electron chi connectivity index (χ0n) is 14.9. The van der Waals surface area contributed by atoms with Crippen molar-refractivity contribution >= 4 is 17.2 Å². The molecule has 2 aromatic heterocycles. The molecule has 0 bridgehead atoms. The van der Waals surface area contributed by atoms with Gasteiger partial charge in [-0.25, -0.2) is 9.67 Å². The van der Waals surface area contributed by atoms with Gasteiger partial charge in [0.25, 0.3) is 5.91 Å². The molecule has 0 saturated carbocycles. The zero-order chi connectivity index (χ0) is 20.5. The molecule has 3 aromatic rings. The van der Waals surface area contributed by atoms with Crippen LogP contribution in [0.25, 0.3) is 5.69 Å². The van der Waals surface area contributed by atoms with Crippen molar-refractivity contribution in [2.75, 3.05) is 0 Å². The van der Waals surface area contributed by atoms with Crippen LogP contribution in [-0.2, 0) is 12.7 Å². The van der Waals surface area contributed by atoms with Crippen LogP contribution in [0.2, 0.25) is 0 Å². The lowest BCUT2D eigenvalue weighted by atomic mass is 10.1. The van der Waals surface area contributed by atoms with Gasteiger partial charge in [-0.3, -0.25) is 9.59 Å². The third-order valence-corrected chi connectivity index (χ3v) is 4.68. The third-order valence-electron chi connectivity index (χ3n) is 3.86. The van der Waals surface area contributed by atoms with Crippen molar-refractivity contribution in [3.8, 4) is 5.69 Å². The molecule has 0 spiro atoms. The molecule has 0 fully saturated rings. The Morgan fingerprint density at radius 3 is 2.61 bits per heavy atom. The summed E-state index contributed by atoms with van der Waals surface area (Å²) in [6, 6.07) is 5.91. The van der Waals surface area contributed by atoms with Crippen LogP contribution in [0.3, 0.4) is 0 Å². The van der Waals surface area contributed by atoms with Gasteiger partial charge >= 0.3 is 6.18 Å². The largest absolute Gasteiger partial charge is 0.418 e. The Morgan fingerprint density at radius 1 is 1.25 bits per heavy atom. The first-order valence-electron chi connectivity index (χ1n) is 8.13. The number of halogens is 3. The SMILES string of the molecule is Cc1nc(CNC(=O)c2nn(-c3ccccc3C(F)(F)F)c(C)cc2=O)cs1. The number of rotatable bonds is 4. The quantitative estimate of drug-likeness (QED) is 0.719. The fourth-order valence-electron chi connectivity index (χ4n) is 2.59. The summed E-state index contributed by atoms with van der Waals surface area (Å²) < 4.78 is 40.9. The second-order valence-corrected chi connectivity index (χ2v) is 7.03. The Hall–Kier alpha value is -3.01.